The number of nitrogens with two attached hydrogens (primary N) is 1. The number of thiophene rings is 1. The van der Waals surface area contributed by atoms with Crippen molar-refractivity contribution < 1.29 is 4.79 Å². The molecule has 0 saturated heterocycles. The highest BCUT2D eigenvalue weighted by molar-refractivity contribution is 7.13. The van der Waals surface area contributed by atoms with Crippen molar-refractivity contribution in [3.05, 3.63) is 33.5 Å². The van der Waals surface area contributed by atoms with Crippen LogP contribution in [0.15, 0.2) is 22.2 Å². The maximum absolute atomic E-state index is 11.5. The average molecular weight is 239 g/mol. The molecule has 1 amide bonds. The minimum absolute atomic E-state index is 0.186. The third-order valence-electron chi connectivity index (χ3n) is 1.79. The molecule has 2 aromatic heterocycles. The number of carbonyl (C=O) groups is 1. The predicted molar refractivity (Wildman–Crippen MR) is 62.0 cm³/mol. The van der Waals surface area contributed by atoms with Crippen molar-refractivity contribution >= 4 is 33.7 Å². The van der Waals surface area contributed by atoms with E-state index in [-0.39, 0.29) is 5.91 Å². The van der Waals surface area contributed by atoms with Crippen LogP contribution < -0.4 is 11.1 Å². The first kappa shape index (κ1) is 10.1. The fourth-order valence-electron chi connectivity index (χ4n) is 1.06. The Kier molecular flexibility index (Phi) is 2.98. The van der Waals surface area contributed by atoms with Crippen LogP contribution in [0.2, 0.25) is 0 Å². The lowest BCUT2D eigenvalue weighted by Gasteiger charge is -2.00. The summed E-state index contributed by atoms with van der Waals surface area (Å²) in [6.07, 6.45) is 0. The van der Waals surface area contributed by atoms with E-state index in [1.54, 1.807) is 16.7 Å². The molecule has 2 rings (SSSR count). The summed E-state index contributed by atoms with van der Waals surface area (Å²) in [7, 11) is 0. The third kappa shape index (κ3) is 2.54. The minimum Gasteiger partial charge on any atom is -0.375 e. The first-order chi connectivity index (χ1) is 7.25. The van der Waals surface area contributed by atoms with Crippen molar-refractivity contribution in [3.63, 3.8) is 0 Å². The molecule has 3 N–H and O–H groups in total. The third-order valence-corrected chi connectivity index (χ3v) is 3.19. The van der Waals surface area contributed by atoms with Crippen LogP contribution in [0.25, 0.3) is 0 Å². The fourth-order valence-corrected chi connectivity index (χ4v) is 2.27. The number of nitrogens with zero attached hydrogens (tertiary/aromatic N) is 1. The highest BCUT2D eigenvalue weighted by Crippen LogP contribution is 2.11. The molecule has 2 heterocycles. The first-order valence-corrected chi connectivity index (χ1v) is 6.08. The lowest BCUT2D eigenvalue weighted by molar-refractivity contribution is 0.0947. The molecule has 15 heavy (non-hydrogen) atoms. The zero-order valence-corrected chi connectivity index (χ0v) is 9.40. The van der Waals surface area contributed by atoms with Crippen LogP contribution in [0.1, 0.15) is 16.1 Å². The molecule has 0 spiro atoms. The first-order valence-electron chi connectivity index (χ1n) is 4.26. The van der Waals surface area contributed by atoms with E-state index < -0.39 is 0 Å². The van der Waals surface area contributed by atoms with Gasteiger partial charge in [0.1, 0.15) is 5.69 Å². The molecule has 0 saturated carbocycles. The molecule has 0 aromatic carbocycles. The van der Waals surface area contributed by atoms with Gasteiger partial charge in [-0.1, -0.05) is 0 Å². The van der Waals surface area contributed by atoms with Crippen molar-refractivity contribution in [1.29, 1.82) is 0 Å². The van der Waals surface area contributed by atoms with Gasteiger partial charge in [0.25, 0.3) is 5.91 Å². The molecule has 0 fully saturated rings. The summed E-state index contributed by atoms with van der Waals surface area (Å²) in [5.74, 6) is -0.186. The van der Waals surface area contributed by atoms with Crippen LogP contribution in [0, 0.1) is 0 Å². The summed E-state index contributed by atoms with van der Waals surface area (Å²) in [4.78, 5) is 15.4. The second-order valence-corrected chi connectivity index (χ2v) is 4.55. The Morgan fingerprint density at radius 3 is 3.00 bits per heavy atom. The number of amides is 1. The molecule has 0 aliphatic heterocycles. The molecule has 4 nitrogen and oxygen atoms in total. The molecular weight excluding hydrogens is 230 g/mol. The lowest BCUT2D eigenvalue weighted by Crippen LogP contribution is -2.22. The van der Waals surface area contributed by atoms with E-state index in [0.717, 1.165) is 5.56 Å². The molecule has 6 heteroatoms. The van der Waals surface area contributed by atoms with Crippen molar-refractivity contribution in [2.45, 2.75) is 6.54 Å². The Bertz CT molecular complexity index is 450. The molecule has 0 bridgehead atoms. The lowest BCUT2D eigenvalue weighted by atomic mass is 10.3. The summed E-state index contributed by atoms with van der Waals surface area (Å²) in [6, 6.07) is 1.97. The van der Waals surface area contributed by atoms with E-state index in [2.05, 4.69) is 10.3 Å². The highest BCUT2D eigenvalue weighted by Gasteiger charge is 2.08. The Hall–Kier alpha value is -1.40. The van der Waals surface area contributed by atoms with Gasteiger partial charge in [-0.15, -0.1) is 11.3 Å². The van der Waals surface area contributed by atoms with Crippen LogP contribution in [-0.2, 0) is 6.54 Å². The van der Waals surface area contributed by atoms with Gasteiger partial charge in [-0.3, -0.25) is 4.79 Å². The predicted octanol–water partition coefficient (Wildman–Crippen LogP) is 1.72. The summed E-state index contributed by atoms with van der Waals surface area (Å²) in [5.41, 5.74) is 6.91. The van der Waals surface area contributed by atoms with Crippen molar-refractivity contribution in [2.24, 2.45) is 0 Å². The van der Waals surface area contributed by atoms with E-state index in [9.17, 15) is 4.79 Å². The van der Waals surface area contributed by atoms with Crippen LogP contribution in [0.4, 0.5) is 5.13 Å². The monoisotopic (exact) mass is 239 g/mol. The number of carbonyl (C=O) groups excluding carboxylic acids is 1. The Morgan fingerprint density at radius 1 is 1.53 bits per heavy atom. The summed E-state index contributed by atoms with van der Waals surface area (Å²) < 4.78 is 0. The molecular formula is C9H9N3OS2. The van der Waals surface area contributed by atoms with Gasteiger partial charge in [0, 0.05) is 11.9 Å². The van der Waals surface area contributed by atoms with Crippen molar-refractivity contribution in [2.75, 3.05) is 5.73 Å². The molecule has 0 aliphatic rings. The van der Waals surface area contributed by atoms with Gasteiger partial charge in [-0.05, 0) is 22.4 Å². The van der Waals surface area contributed by atoms with E-state index in [1.807, 2.05) is 16.8 Å². The summed E-state index contributed by atoms with van der Waals surface area (Å²) in [5, 5.41) is 8.81. The number of rotatable bonds is 3. The number of nitrogen functional groups attached to an aromatic ring is 1. The Morgan fingerprint density at radius 2 is 2.40 bits per heavy atom. The van der Waals surface area contributed by atoms with Gasteiger partial charge in [0.15, 0.2) is 5.13 Å². The van der Waals surface area contributed by atoms with Gasteiger partial charge in [0.2, 0.25) is 0 Å². The van der Waals surface area contributed by atoms with E-state index >= 15 is 0 Å². The quantitative estimate of drug-likeness (QED) is 0.857. The fraction of sp³-hybridized carbons (Fsp3) is 0.111. The topological polar surface area (TPSA) is 68.0 Å². The number of anilines is 1. The standard InChI is InChI=1S/C9H9N3OS2/c10-9-12-7(5-15-9)8(13)11-3-6-1-2-14-4-6/h1-2,4-5H,3H2,(H2,10,12)(H,11,13). The number of hydrogen-bond acceptors (Lipinski definition) is 5. The van der Waals surface area contributed by atoms with Gasteiger partial charge in [-0.2, -0.15) is 11.3 Å². The molecule has 0 unspecified atom stereocenters. The zero-order valence-electron chi connectivity index (χ0n) is 7.77. The van der Waals surface area contributed by atoms with Crippen LogP contribution >= 0.6 is 22.7 Å². The molecule has 0 radical (unpaired) electrons. The minimum atomic E-state index is -0.186. The van der Waals surface area contributed by atoms with Gasteiger partial charge in [-0.25, -0.2) is 4.98 Å². The second kappa shape index (κ2) is 4.41. The van der Waals surface area contributed by atoms with E-state index in [1.165, 1.54) is 11.3 Å². The summed E-state index contributed by atoms with van der Waals surface area (Å²) >= 11 is 2.87. The van der Waals surface area contributed by atoms with E-state index in [0.29, 0.717) is 17.4 Å². The molecule has 0 aliphatic carbocycles. The van der Waals surface area contributed by atoms with Crippen molar-refractivity contribution in [1.82, 2.24) is 10.3 Å². The average Bonchev–Trinajstić information content (AvgIpc) is 2.84. The van der Waals surface area contributed by atoms with Crippen LogP contribution in [0.3, 0.4) is 0 Å². The molecule has 0 atom stereocenters. The molecule has 2 aromatic rings. The number of aromatic nitrogens is 1. The van der Waals surface area contributed by atoms with E-state index in [4.69, 9.17) is 5.73 Å². The largest absolute Gasteiger partial charge is 0.375 e. The zero-order chi connectivity index (χ0) is 10.7. The number of nitrogens with one attached hydrogen (secondary N) is 1. The van der Waals surface area contributed by atoms with Crippen LogP contribution in [-0.4, -0.2) is 10.9 Å². The SMILES string of the molecule is Nc1nc(C(=O)NCc2ccsc2)cs1. The normalized spacial score (nSPS) is 10.1. The smallest absolute Gasteiger partial charge is 0.271 e. The number of hydrogen-bond donors (Lipinski definition) is 2. The van der Waals surface area contributed by atoms with Crippen molar-refractivity contribution in [3.8, 4) is 0 Å². The second-order valence-electron chi connectivity index (χ2n) is 2.89. The van der Waals surface area contributed by atoms with Gasteiger partial charge in [0.05, 0.1) is 0 Å². The van der Waals surface area contributed by atoms with Gasteiger partial charge >= 0.3 is 0 Å². The maximum Gasteiger partial charge on any atom is 0.271 e. The summed E-state index contributed by atoms with van der Waals surface area (Å²) in [6.45, 7) is 0.528. The van der Waals surface area contributed by atoms with Crippen LogP contribution in [0.5, 0.6) is 0 Å². The number of thiazole rings is 1. The Balaban J connectivity index is 1.93. The highest BCUT2D eigenvalue weighted by atomic mass is 32.1. The van der Waals surface area contributed by atoms with Gasteiger partial charge < -0.3 is 11.1 Å². The Labute approximate surface area is 94.8 Å². The maximum atomic E-state index is 11.5. The molecule has 78 valence electrons.